The van der Waals surface area contributed by atoms with E-state index in [1.165, 1.54) is 0 Å². The van der Waals surface area contributed by atoms with Crippen LogP contribution in [-0.4, -0.2) is 48.8 Å². The van der Waals surface area contributed by atoms with Crippen molar-refractivity contribution < 1.29 is 14.6 Å². The number of hydrogen-bond donors (Lipinski definition) is 1. The molecule has 1 heterocycles. The first-order chi connectivity index (χ1) is 6.11. The summed E-state index contributed by atoms with van der Waals surface area (Å²) in [6, 6.07) is 0. The van der Waals surface area contributed by atoms with E-state index in [9.17, 15) is 4.79 Å². The summed E-state index contributed by atoms with van der Waals surface area (Å²) in [7, 11) is 1.69. The molecule has 0 amide bonds. The Morgan fingerprint density at radius 2 is 2.31 bits per heavy atom. The fourth-order valence-electron chi connectivity index (χ4n) is 1.64. The Kier molecular flexibility index (Phi) is 3.69. The van der Waals surface area contributed by atoms with Gasteiger partial charge in [0.15, 0.2) is 0 Å². The predicted molar refractivity (Wildman–Crippen MR) is 48.7 cm³/mol. The van der Waals surface area contributed by atoms with Gasteiger partial charge in [-0.05, 0) is 12.8 Å². The molecular weight excluding hydrogens is 170 g/mol. The molecule has 0 aliphatic carbocycles. The number of rotatable bonds is 5. The van der Waals surface area contributed by atoms with Gasteiger partial charge in [-0.25, -0.2) is 0 Å². The van der Waals surface area contributed by atoms with Gasteiger partial charge in [0.1, 0.15) is 0 Å². The third kappa shape index (κ3) is 3.32. The molecule has 0 aromatic heterocycles. The number of aliphatic carboxylic acids is 1. The molecule has 1 fully saturated rings. The third-order valence-electron chi connectivity index (χ3n) is 2.41. The fourth-order valence-corrected chi connectivity index (χ4v) is 1.64. The maximum Gasteiger partial charge on any atom is 0.303 e. The summed E-state index contributed by atoms with van der Waals surface area (Å²) in [4.78, 5) is 12.6. The van der Waals surface area contributed by atoms with Gasteiger partial charge in [-0.15, -0.1) is 0 Å². The van der Waals surface area contributed by atoms with Crippen molar-refractivity contribution in [3.63, 3.8) is 0 Å². The van der Waals surface area contributed by atoms with Gasteiger partial charge in [0.25, 0.3) is 0 Å². The van der Waals surface area contributed by atoms with Crippen LogP contribution in [0.5, 0.6) is 0 Å². The molecule has 1 aliphatic heterocycles. The smallest absolute Gasteiger partial charge is 0.303 e. The molecule has 0 spiro atoms. The Labute approximate surface area is 78.5 Å². The maximum atomic E-state index is 10.3. The van der Waals surface area contributed by atoms with Crippen LogP contribution in [0.1, 0.15) is 13.3 Å². The van der Waals surface area contributed by atoms with Crippen LogP contribution >= 0.6 is 0 Å². The first-order valence-corrected chi connectivity index (χ1v) is 4.58. The number of likely N-dealkylation sites (tertiary alicyclic amines) is 1. The molecular formula is C9H17NO3. The quantitative estimate of drug-likeness (QED) is 0.678. The summed E-state index contributed by atoms with van der Waals surface area (Å²) in [5, 5.41) is 8.52. The Morgan fingerprint density at radius 1 is 1.69 bits per heavy atom. The van der Waals surface area contributed by atoms with Crippen LogP contribution < -0.4 is 0 Å². The lowest BCUT2D eigenvalue weighted by Gasteiger charge is -2.39. The molecule has 4 nitrogen and oxygen atoms in total. The molecule has 0 aromatic carbocycles. The molecule has 13 heavy (non-hydrogen) atoms. The number of carbonyl (C=O) groups is 1. The summed E-state index contributed by atoms with van der Waals surface area (Å²) in [6.07, 6.45) is 0.545. The highest BCUT2D eigenvalue weighted by atomic mass is 16.5. The SMILES string of the molecule is COC(C)CN1CC(CC(=O)O)C1. The first-order valence-electron chi connectivity index (χ1n) is 4.58. The topological polar surface area (TPSA) is 49.8 Å². The number of carboxylic acids is 1. The molecule has 0 saturated carbocycles. The Bertz CT molecular complexity index is 178. The molecule has 76 valence electrons. The molecule has 1 saturated heterocycles. The highest BCUT2D eigenvalue weighted by molar-refractivity contribution is 5.67. The summed E-state index contributed by atoms with van der Waals surface area (Å²) in [6.45, 7) is 4.73. The van der Waals surface area contributed by atoms with E-state index < -0.39 is 5.97 Å². The van der Waals surface area contributed by atoms with Crippen molar-refractivity contribution in [2.75, 3.05) is 26.7 Å². The van der Waals surface area contributed by atoms with Crippen LogP contribution in [0.25, 0.3) is 0 Å². The van der Waals surface area contributed by atoms with E-state index in [4.69, 9.17) is 9.84 Å². The van der Waals surface area contributed by atoms with E-state index in [-0.39, 0.29) is 6.10 Å². The van der Waals surface area contributed by atoms with Crippen LogP contribution in [0, 0.1) is 5.92 Å². The second-order valence-electron chi connectivity index (χ2n) is 3.73. The second-order valence-corrected chi connectivity index (χ2v) is 3.73. The van der Waals surface area contributed by atoms with Crippen molar-refractivity contribution in [3.05, 3.63) is 0 Å². The minimum atomic E-state index is -0.690. The van der Waals surface area contributed by atoms with E-state index in [0.29, 0.717) is 12.3 Å². The van der Waals surface area contributed by atoms with Gasteiger partial charge in [0, 0.05) is 26.7 Å². The number of carboxylic acid groups (broad SMARTS) is 1. The molecule has 1 unspecified atom stereocenters. The van der Waals surface area contributed by atoms with Crippen molar-refractivity contribution in [2.45, 2.75) is 19.4 Å². The van der Waals surface area contributed by atoms with Crippen molar-refractivity contribution in [3.8, 4) is 0 Å². The Balaban J connectivity index is 2.08. The van der Waals surface area contributed by atoms with Crippen LogP contribution in [-0.2, 0) is 9.53 Å². The zero-order chi connectivity index (χ0) is 9.84. The van der Waals surface area contributed by atoms with Crippen molar-refractivity contribution in [1.82, 2.24) is 4.90 Å². The lowest BCUT2D eigenvalue weighted by Crippen LogP contribution is -2.50. The Hall–Kier alpha value is -0.610. The summed E-state index contributed by atoms with van der Waals surface area (Å²) in [5.41, 5.74) is 0. The van der Waals surface area contributed by atoms with Gasteiger partial charge in [-0.2, -0.15) is 0 Å². The lowest BCUT2D eigenvalue weighted by molar-refractivity contribution is -0.139. The normalized spacial score (nSPS) is 21.1. The molecule has 0 bridgehead atoms. The van der Waals surface area contributed by atoms with Crippen molar-refractivity contribution in [1.29, 1.82) is 0 Å². The van der Waals surface area contributed by atoms with E-state index >= 15 is 0 Å². The van der Waals surface area contributed by atoms with Gasteiger partial charge in [-0.1, -0.05) is 0 Å². The fraction of sp³-hybridized carbons (Fsp3) is 0.889. The lowest BCUT2D eigenvalue weighted by atomic mass is 9.96. The van der Waals surface area contributed by atoms with Crippen LogP contribution in [0.3, 0.4) is 0 Å². The number of nitrogens with zero attached hydrogens (tertiary/aromatic N) is 1. The number of methoxy groups -OCH3 is 1. The molecule has 1 N–H and O–H groups in total. The molecule has 4 heteroatoms. The van der Waals surface area contributed by atoms with Gasteiger partial charge in [0.2, 0.25) is 0 Å². The molecule has 1 atom stereocenters. The predicted octanol–water partition coefficient (Wildman–Crippen LogP) is 0.428. The van der Waals surface area contributed by atoms with Crippen LogP contribution in [0.4, 0.5) is 0 Å². The maximum absolute atomic E-state index is 10.3. The largest absolute Gasteiger partial charge is 0.481 e. The van der Waals surface area contributed by atoms with Gasteiger partial charge < -0.3 is 14.7 Å². The second kappa shape index (κ2) is 4.58. The monoisotopic (exact) mass is 187 g/mol. The van der Waals surface area contributed by atoms with Gasteiger partial charge in [-0.3, -0.25) is 4.79 Å². The van der Waals surface area contributed by atoms with Crippen LogP contribution in [0.2, 0.25) is 0 Å². The number of hydrogen-bond acceptors (Lipinski definition) is 3. The van der Waals surface area contributed by atoms with Crippen molar-refractivity contribution in [2.24, 2.45) is 5.92 Å². The average Bonchev–Trinajstić information content (AvgIpc) is 1.99. The van der Waals surface area contributed by atoms with Crippen molar-refractivity contribution >= 4 is 5.97 Å². The summed E-state index contributed by atoms with van der Waals surface area (Å²) in [5.74, 6) is -0.342. The van der Waals surface area contributed by atoms with E-state index in [0.717, 1.165) is 19.6 Å². The summed E-state index contributed by atoms with van der Waals surface area (Å²) >= 11 is 0. The highest BCUT2D eigenvalue weighted by Gasteiger charge is 2.28. The van der Waals surface area contributed by atoms with E-state index in [2.05, 4.69) is 4.90 Å². The summed E-state index contributed by atoms with van der Waals surface area (Å²) < 4.78 is 5.11. The standard InChI is InChI=1S/C9H17NO3/c1-7(13-2)4-10-5-8(6-10)3-9(11)12/h7-8H,3-6H2,1-2H3,(H,11,12). The van der Waals surface area contributed by atoms with Gasteiger partial charge >= 0.3 is 5.97 Å². The zero-order valence-electron chi connectivity index (χ0n) is 8.19. The molecule has 0 aromatic rings. The third-order valence-corrected chi connectivity index (χ3v) is 2.41. The number of ether oxygens (including phenoxy) is 1. The molecule has 1 aliphatic rings. The zero-order valence-corrected chi connectivity index (χ0v) is 8.19. The highest BCUT2D eigenvalue weighted by Crippen LogP contribution is 2.19. The minimum absolute atomic E-state index is 0.241. The average molecular weight is 187 g/mol. The molecule has 1 rings (SSSR count). The Morgan fingerprint density at radius 3 is 2.77 bits per heavy atom. The first kappa shape index (κ1) is 10.5. The van der Waals surface area contributed by atoms with E-state index in [1.807, 2.05) is 6.92 Å². The molecule has 0 radical (unpaired) electrons. The van der Waals surface area contributed by atoms with Gasteiger partial charge in [0.05, 0.1) is 12.5 Å². The minimum Gasteiger partial charge on any atom is -0.481 e. The van der Waals surface area contributed by atoms with E-state index in [1.54, 1.807) is 7.11 Å². The van der Waals surface area contributed by atoms with Crippen LogP contribution in [0.15, 0.2) is 0 Å².